The summed E-state index contributed by atoms with van der Waals surface area (Å²) in [7, 11) is 3.00. The molecule has 2 N–H and O–H groups in total. The van der Waals surface area contributed by atoms with Gasteiger partial charge in [-0.3, -0.25) is 4.79 Å². The van der Waals surface area contributed by atoms with E-state index in [-0.39, 0.29) is 32.0 Å². The van der Waals surface area contributed by atoms with E-state index in [0.717, 1.165) is 21.2 Å². The highest BCUT2D eigenvalue weighted by atomic mass is 79.9. The number of azide groups is 1. The second-order valence-electron chi connectivity index (χ2n) is 9.79. The molecule has 226 valence electrons. The molecule has 1 aliphatic rings. The summed E-state index contributed by atoms with van der Waals surface area (Å²) in [6.07, 6.45) is -0.772. The minimum Gasteiger partial charge on any atom is -0.494 e. The van der Waals surface area contributed by atoms with Gasteiger partial charge in [-0.2, -0.15) is 0 Å². The van der Waals surface area contributed by atoms with Gasteiger partial charge in [-0.1, -0.05) is 57.4 Å². The molecule has 11 nitrogen and oxygen atoms in total. The van der Waals surface area contributed by atoms with Crippen LogP contribution < -0.4 is 10.1 Å². The Morgan fingerprint density at radius 1 is 1.12 bits per heavy atom. The molecular formula is C31H34BrN5O6. The number of ether oxygens (including phenoxy) is 4. The van der Waals surface area contributed by atoms with Crippen LogP contribution in [0.1, 0.15) is 34.8 Å². The standard InChI is InChI=1S/C31H34BrN5O6/c1-40-27(41-2)20-34-30(39)31(18-23-6-3-4-7-24(23)19-35-37-33)28(21-8-12-25(32)13-9-21)43-29(36-31)22-10-14-26(15-11-22)42-17-5-16-38/h3-4,6-15,27-28,38H,5,16-20H2,1-2H3,(H,34,39)/t28-,31-/m1/s1. The Hall–Kier alpha value is -3.93. The van der Waals surface area contributed by atoms with Crippen molar-refractivity contribution in [2.24, 2.45) is 10.1 Å². The number of methoxy groups -OCH3 is 2. The number of benzene rings is 3. The average Bonchev–Trinajstić information content (AvgIpc) is 3.42. The normalized spacial score (nSPS) is 17.6. The number of rotatable bonds is 15. The zero-order valence-electron chi connectivity index (χ0n) is 24.0. The van der Waals surface area contributed by atoms with Gasteiger partial charge in [0.15, 0.2) is 17.9 Å². The summed E-state index contributed by atoms with van der Waals surface area (Å²) in [6.45, 7) is 0.650. The zero-order valence-corrected chi connectivity index (χ0v) is 25.6. The number of hydrogen-bond acceptors (Lipinski definition) is 8. The molecule has 1 aliphatic heterocycles. The van der Waals surface area contributed by atoms with Gasteiger partial charge in [0.1, 0.15) is 5.75 Å². The van der Waals surface area contributed by atoms with Gasteiger partial charge in [0.2, 0.25) is 5.90 Å². The van der Waals surface area contributed by atoms with Crippen molar-refractivity contribution in [3.63, 3.8) is 0 Å². The van der Waals surface area contributed by atoms with Gasteiger partial charge in [-0.25, -0.2) is 4.99 Å². The molecule has 0 fully saturated rings. The maximum atomic E-state index is 14.3. The summed E-state index contributed by atoms with van der Waals surface area (Å²) < 4.78 is 23.7. The number of aliphatic hydroxyl groups excluding tert-OH is 1. The van der Waals surface area contributed by atoms with Crippen molar-refractivity contribution >= 4 is 27.7 Å². The van der Waals surface area contributed by atoms with Crippen LogP contribution in [0.4, 0.5) is 0 Å². The van der Waals surface area contributed by atoms with Gasteiger partial charge < -0.3 is 29.4 Å². The van der Waals surface area contributed by atoms with E-state index in [9.17, 15) is 4.79 Å². The molecule has 0 aliphatic carbocycles. The fourth-order valence-corrected chi connectivity index (χ4v) is 5.06. The van der Waals surface area contributed by atoms with E-state index in [4.69, 9.17) is 34.6 Å². The molecule has 1 amide bonds. The van der Waals surface area contributed by atoms with Crippen molar-refractivity contribution in [2.75, 3.05) is 34.0 Å². The number of nitrogens with zero attached hydrogens (tertiary/aromatic N) is 4. The van der Waals surface area contributed by atoms with Gasteiger partial charge in [0, 0.05) is 48.6 Å². The molecule has 3 aromatic carbocycles. The van der Waals surface area contributed by atoms with Crippen LogP contribution in [0.25, 0.3) is 10.4 Å². The first-order chi connectivity index (χ1) is 20.9. The first-order valence-corrected chi connectivity index (χ1v) is 14.5. The SMILES string of the molecule is COC(CNC(=O)[C@]1(Cc2ccccc2CN=[N+]=[N-])N=C(c2ccc(OCCCO)cc2)O[C@@H]1c1ccc(Br)cc1)OC. The highest BCUT2D eigenvalue weighted by Gasteiger charge is 2.53. The van der Waals surface area contributed by atoms with E-state index in [1.54, 1.807) is 12.1 Å². The summed E-state index contributed by atoms with van der Waals surface area (Å²) in [5.41, 5.74) is 10.5. The van der Waals surface area contributed by atoms with E-state index < -0.39 is 17.9 Å². The van der Waals surface area contributed by atoms with E-state index in [2.05, 4.69) is 31.3 Å². The van der Waals surface area contributed by atoms with E-state index in [1.165, 1.54) is 14.2 Å². The van der Waals surface area contributed by atoms with Gasteiger partial charge in [-0.15, -0.1) is 0 Å². The van der Waals surface area contributed by atoms with Crippen LogP contribution in [0.15, 0.2) is 87.4 Å². The number of carbonyl (C=O) groups excluding carboxylic acids is 1. The Morgan fingerprint density at radius 2 is 1.81 bits per heavy atom. The van der Waals surface area contributed by atoms with Crippen molar-refractivity contribution in [1.29, 1.82) is 0 Å². The van der Waals surface area contributed by atoms with Crippen LogP contribution in [0, 0.1) is 0 Å². The van der Waals surface area contributed by atoms with Crippen LogP contribution in [0.2, 0.25) is 0 Å². The minimum atomic E-state index is -1.45. The van der Waals surface area contributed by atoms with Crippen molar-refractivity contribution in [2.45, 2.75) is 37.3 Å². The maximum Gasteiger partial charge on any atom is 0.252 e. The van der Waals surface area contributed by atoms with Gasteiger partial charge >= 0.3 is 0 Å². The highest BCUT2D eigenvalue weighted by molar-refractivity contribution is 9.10. The molecule has 0 unspecified atom stereocenters. The number of hydrogen-bond donors (Lipinski definition) is 2. The molecule has 12 heteroatoms. The number of amides is 1. The van der Waals surface area contributed by atoms with Crippen LogP contribution in [0.5, 0.6) is 5.75 Å². The number of aliphatic imine (C=N–C) groups is 1. The van der Waals surface area contributed by atoms with Crippen LogP contribution in [0.3, 0.4) is 0 Å². The number of aliphatic hydroxyl groups is 1. The molecule has 4 rings (SSSR count). The molecule has 0 radical (unpaired) electrons. The predicted molar refractivity (Wildman–Crippen MR) is 165 cm³/mol. The molecule has 3 aromatic rings. The van der Waals surface area contributed by atoms with Crippen molar-refractivity contribution < 1.29 is 28.8 Å². The summed E-state index contributed by atoms with van der Waals surface area (Å²) in [4.78, 5) is 22.3. The predicted octanol–water partition coefficient (Wildman–Crippen LogP) is 5.26. The first kappa shape index (κ1) is 32.0. The first-order valence-electron chi connectivity index (χ1n) is 13.7. The van der Waals surface area contributed by atoms with Gasteiger partial charge in [-0.05, 0) is 58.6 Å². The second-order valence-corrected chi connectivity index (χ2v) is 10.7. The third-order valence-corrected chi connectivity index (χ3v) is 7.57. The van der Waals surface area contributed by atoms with Crippen molar-refractivity contribution in [3.05, 3.63) is 110 Å². The Morgan fingerprint density at radius 3 is 2.47 bits per heavy atom. The summed E-state index contributed by atoms with van der Waals surface area (Å²) in [6, 6.07) is 22.3. The average molecular weight is 653 g/mol. The molecule has 0 saturated heterocycles. The lowest BCUT2D eigenvalue weighted by Gasteiger charge is -2.32. The third kappa shape index (κ3) is 7.92. The summed E-state index contributed by atoms with van der Waals surface area (Å²) in [5, 5.41) is 15.8. The van der Waals surface area contributed by atoms with E-state index in [0.29, 0.717) is 30.2 Å². The molecule has 0 saturated carbocycles. The largest absolute Gasteiger partial charge is 0.494 e. The summed E-state index contributed by atoms with van der Waals surface area (Å²) >= 11 is 3.49. The molecule has 0 spiro atoms. The fraction of sp³-hybridized carbons (Fsp3) is 0.355. The lowest BCUT2D eigenvalue weighted by Crippen LogP contribution is -2.51. The minimum absolute atomic E-state index is 0.0474. The summed E-state index contributed by atoms with van der Waals surface area (Å²) in [5.74, 6) is 0.561. The fourth-order valence-electron chi connectivity index (χ4n) is 4.79. The zero-order chi connectivity index (χ0) is 30.7. The molecular weight excluding hydrogens is 618 g/mol. The molecule has 43 heavy (non-hydrogen) atoms. The molecule has 0 bridgehead atoms. The highest BCUT2D eigenvalue weighted by Crippen LogP contribution is 2.43. The maximum absolute atomic E-state index is 14.3. The topological polar surface area (TPSA) is 147 Å². The number of carbonyl (C=O) groups is 1. The molecule has 1 heterocycles. The van der Waals surface area contributed by atoms with Crippen molar-refractivity contribution in [3.8, 4) is 5.75 Å². The smallest absolute Gasteiger partial charge is 0.252 e. The third-order valence-electron chi connectivity index (χ3n) is 7.04. The quantitative estimate of drug-likeness (QED) is 0.0753. The number of nitrogens with one attached hydrogen (secondary N) is 1. The Kier molecular flexibility index (Phi) is 11.5. The second kappa shape index (κ2) is 15.5. The van der Waals surface area contributed by atoms with Crippen LogP contribution in [-0.2, 0) is 32.0 Å². The Balaban J connectivity index is 1.81. The van der Waals surface area contributed by atoms with E-state index in [1.807, 2.05) is 60.7 Å². The van der Waals surface area contributed by atoms with Gasteiger partial charge in [0.05, 0.1) is 19.7 Å². The molecule has 0 aromatic heterocycles. The molecule has 2 atom stereocenters. The lowest BCUT2D eigenvalue weighted by atomic mass is 9.81. The van der Waals surface area contributed by atoms with E-state index >= 15 is 0 Å². The monoisotopic (exact) mass is 651 g/mol. The lowest BCUT2D eigenvalue weighted by molar-refractivity contribution is -0.134. The number of halogens is 1. The van der Waals surface area contributed by atoms with Crippen LogP contribution in [-0.4, -0.2) is 62.7 Å². The van der Waals surface area contributed by atoms with Gasteiger partial charge in [0.25, 0.3) is 5.91 Å². The van der Waals surface area contributed by atoms with Crippen LogP contribution >= 0.6 is 15.9 Å². The van der Waals surface area contributed by atoms with Crippen molar-refractivity contribution in [1.82, 2.24) is 5.32 Å². The Bertz CT molecular complexity index is 1440. The Labute approximate surface area is 258 Å².